The fourth-order valence-corrected chi connectivity index (χ4v) is 5.37. The molecule has 3 N–H and O–H groups in total. The first-order valence-corrected chi connectivity index (χ1v) is 8.94. The van der Waals surface area contributed by atoms with Gasteiger partial charge in [-0.1, -0.05) is 11.6 Å². The summed E-state index contributed by atoms with van der Waals surface area (Å²) in [6, 6.07) is 2.72. The summed E-state index contributed by atoms with van der Waals surface area (Å²) >= 11 is 9.10. The fraction of sp³-hybridized carbons (Fsp3) is 0.500. The van der Waals surface area contributed by atoms with Crippen LogP contribution in [0.5, 0.6) is 0 Å². The molecule has 0 aliphatic carbocycles. The largest absolute Gasteiger partial charge is 0.398 e. The molecule has 2 aliphatic rings. The number of fused-ring (bicyclic) bond motifs is 2. The van der Waals surface area contributed by atoms with Crippen LogP contribution in [0, 0.1) is 0 Å². The number of rotatable bonds is 3. The van der Waals surface area contributed by atoms with Crippen molar-refractivity contribution in [2.24, 2.45) is 0 Å². The first-order valence-electron chi connectivity index (χ1n) is 6.29. The summed E-state index contributed by atoms with van der Waals surface area (Å²) in [5, 5.41) is 0.287. The van der Waals surface area contributed by atoms with Crippen LogP contribution in [0.25, 0.3) is 0 Å². The van der Waals surface area contributed by atoms with Crippen LogP contribution in [0.3, 0.4) is 0 Å². The van der Waals surface area contributed by atoms with Crippen molar-refractivity contribution in [3.8, 4) is 0 Å². The highest BCUT2D eigenvalue weighted by molar-refractivity contribution is 9.10. The molecule has 3 unspecified atom stereocenters. The molecule has 2 fully saturated rings. The number of nitrogens with one attached hydrogen (secondary N) is 1. The van der Waals surface area contributed by atoms with Crippen molar-refractivity contribution in [3.05, 3.63) is 21.6 Å². The van der Waals surface area contributed by atoms with E-state index in [2.05, 4.69) is 20.7 Å². The monoisotopic (exact) mass is 380 g/mol. The van der Waals surface area contributed by atoms with Gasteiger partial charge in [-0.05, 0) is 47.3 Å². The Morgan fingerprint density at radius 1 is 1.40 bits per heavy atom. The van der Waals surface area contributed by atoms with Gasteiger partial charge in [0.05, 0.1) is 27.6 Å². The molecule has 20 heavy (non-hydrogen) atoms. The molecule has 3 rings (SSSR count). The highest BCUT2D eigenvalue weighted by Gasteiger charge is 2.42. The highest BCUT2D eigenvalue weighted by atomic mass is 79.9. The Bertz CT molecular complexity index is 652. The van der Waals surface area contributed by atoms with E-state index < -0.39 is 10.0 Å². The van der Waals surface area contributed by atoms with Crippen molar-refractivity contribution < 1.29 is 13.2 Å². The van der Waals surface area contributed by atoms with Crippen molar-refractivity contribution in [1.29, 1.82) is 0 Å². The van der Waals surface area contributed by atoms with Gasteiger partial charge < -0.3 is 10.5 Å². The molecule has 1 aromatic carbocycles. The zero-order chi connectivity index (χ0) is 14.5. The molecule has 0 saturated carbocycles. The van der Waals surface area contributed by atoms with Gasteiger partial charge in [-0.2, -0.15) is 0 Å². The van der Waals surface area contributed by atoms with E-state index >= 15 is 0 Å². The van der Waals surface area contributed by atoms with Gasteiger partial charge in [-0.25, -0.2) is 13.1 Å². The van der Waals surface area contributed by atoms with Gasteiger partial charge in [0.1, 0.15) is 0 Å². The summed E-state index contributed by atoms with van der Waals surface area (Å²) < 4.78 is 33.6. The van der Waals surface area contributed by atoms with Crippen molar-refractivity contribution >= 4 is 43.2 Å². The number of sulfonamides is 1. The van der Waals surface area contributed by atoms with Gasteiger partial charge in [0.2, 0.25) is 10.0 Å². The number of nitrogen functional groups attached to an aromatic ring is 1. The van der Waals surface area contributed by atoms with Crippen LogP contribution in [-0.2, 0) is 14.8 Å². The Morgan fingerprint density at radius 3 is 2.75 bits per heavy atom. The zero-order valence-electron chi connectivity index (χ0n) is 10.5. The zero-order valence-corrected chi connectivity index (χ0v) is 13.6. The Kier molecular flexibility index (Phi) is 3.75. The van der Waals surface area contributed by atoms with Gasteiger partial charge >= 0.3 is 0 Å². The van der Waals surface area contributed by atoms with Crippen LogP contribution in [0.1, 0.15) is 19.3 Å². The molecule has 2 aliphatic heterocycles. The molecule has 5 nitrogen and oxygen atoms in total. The standard InChI is InChI=1S/C12H14BrClN2O3S/c13-12-8(15)3-6(14)4-11(12)20(17,18)16-9-5-7-1-2-10(9)19-7/h3-4,7,9-10,16H,1-2,5,15H2. The van der Waals surface area contributed by atoms with Crippen molar-refractivity contribution in [2.45, 2.75) is 42.4 Å². The quantitative estimate of drug-likeness (QED) is 0.787. The van der Waals surface area contributed by atoms with E-state index in [0.29, 0.717) is 10.2 Å². The Balaban J connectivity index is 1.89. The van der Waals surface area contributed by atoms with Gasteiger partial charge in [0.25, 0.3) is 0 Å². The molecule has 2 saturated heterocycles. The van der Waals surface area contributed by atoms with Crippen molar-refractivity contribution in [3.63, 3.8) is 0 Å². The van der Waals surface area contributed by atoms with Gasteiger partial charge in [0.15, 0.2) is 0 Å². The summed E-state index contributed by atoms with van der Waals surface area (Å²) in [4.78, 5) is 0.0604. The third kappa shape index (κ3) is 2.57. The molecule has 8 heteroatoms. The van der Waals surface area contributed by atoms with Gasteiger partial charge in [-0.15, -0.1) is 0 Å². The molecule has 2 bridgehead atoms. The Morgan fingerprint density at radius 2 is 2.15 bits per heavy atom. The topological polar surface area (TPSA) is 81.4 Å². The fourth-order valence-electron chi connectivity index (χ4n) is 2.80. The molecule has 2 heterocycles. The van der Waals surface area contributed by atoms with Crippen LogP contribution < -0.4 is 10.5 Å². The van der Waals surface area contributed by atoms with E-state index in [1.807, 2.05) is 0 Å². The van der Waals surface area contributed by atoms with E-state index in [1.165, 1.54) is 12.1 Å². The maximum Gasteiger partial charge on any atom is 0.242 e. The minimum absolute atomic E-state index is 0.0231. The maximum absolute atomic E-state index is 12.5. The summed E-state index contributed by atoms with van der Waals surface area (Å²) in [5.74, 6) is 0. The van der Waals surface area contributed by atoms with Crippen molar-refractivity contribution in [2.75, 3.05) is 5.73 Å². The summed E-state index contributed by atoms with van der Waals surface area (Å²) in [5.41, 5.74) is 6.03. The lowest BCUT2D eigenvalue weighted by Crippen LogP contribution is -2.41. The minimum Gasteiger partial charge on any atom is -0.398 e. The molecule has 1 aromatic rings. The predicted molar refractivity (Wildman–Crippen MR) is 80.2 cm³/mol. The summed E-state index contributed by atoms with van der Waals surface area (Å²) in [6.07, 6.45) is 2.79. The van der Waals surface area contributed by atoms with E-state index in [0.717, 1.165) is 19.3 Å². The second-order valence-electron chi connectivity index (χ2n) is 5.14. The summed E-state index contributed by atoms with van der Waals surface area (Å²) in [7, 11) is -3.68. The number of anilines is 1. The third-order valence-corrected chi connectivity index (χ3v) is 6.61. The normalized spacial score (nSPS) is 29.0. The molecular weight excluding hydrogens is 368 g/mol. The van der Waals surface area contributed by atoms with Gasteiger partial charge in [-0.3, -0.25) is 0 Å². The summed E-state index contributed by atoms with van der Waals surface area (Å²) in [6.45, 7) is 0. The van der Waals surface area contributed by atoms with Crippen LogP contribution in [0.15, 0.2) is 21.5 Å². The van der Waals surface area contributed by atoms with E-state index in [1.54, 1.807) is 0 Å². The number of halogens is 2. The highest BCUT2D eigenvalue weighted by Crippen LogP contribution is 2.36. The minimum atomic E-state index is -3.68. The Labute approximate surface area is 131 Å². The van der Waals surface area contributed by atoms with Crippen LogP contribution in [0.2, 0.25) is 5.02 Å². The van der Waals surface area contributed by atoms with Gasteiger partial charge in [0, 0.05) is 10.7 Å². The Hall–Kier alpha value is -0.340. The number of hydrogen-bond donors (Lipinski definition) is 2. The number of hydrogen-bond acceptors (Lipinski definition) is 4. The molecule has 0 radical (unpaired) electrons. The molecular formula is C12H14BrClN2O3S. The van der Waals surface area contributed by atoms with E-state index in [-0.39, 0.29) is 28.2 Å². The second-order valence-corrected chi connectivity index (χ2v) is 8.06. The lowest BCUT2D eigenvalue weighted by atomic mass is 9.96. The lowest BCUT2D eigenvalue weighted by Gasteiger charge is -2.20. The SMILES string of the molecule is Nc1cc(Cl)cc(S(=O)(=O)NC2CC3CCC2O3)c1Br. The molecule has 110 valence electrons. The predicted octanol–water partition coefficient (Wildman–Crippen LogP) is 2.28. The molecule has 0 amide bonds. The first kappa shape index (κ1) is 14.6. The number of nitrogens with two attached hydrogens (primary N) is 1. The molecule has 0 aromatic heterocycles. The van der Waals surface area contributed by atoms with Crippen LogP contribution >= 0.6 is 27.5 Å². The van der Waals surface area contributed by atoms with E-state index in [4.69, 9.17) is 22.1 Å². The smallest absolute Gasteiger partial charge is 0.242 e. The van der Waals surface area contributed by atoms with Crippen molar-refractivity contribution in [1.82, 2.24) is 4.72 Å². The average molecular weight is 382 g/mol. The number of benzene rings is 1. The lowest BCUT2D eigenvalue weighted by molar-refractivity contribution is 0.0996. The van der Waals surface area contributed by atoms with Crippen LogP contribution in [0.4, 0.5) is 5.69 Å². The molecule has 3 atom stereocenters. The van der Waals surface area contributed by atoms with Crippen LogP contribution in [-0.4, -0.2) is 26.7 Å². The second kappa shape index (κ2) is 5.14. The number of ether oxygens (including phenoxy) is 1. The molecule has 0 spiro atoms. The first-order chi connectivity index (χ1) is 9.37. The average Bonchev–Trinajstić information content (AvgIpc) is 2.95. The van der Waals surface area contributed by atoms with E-state index in [9.17, 15) is 8.42 Å². The third-order valence-electron chi connectivity index (χ3n) is 3.73. The maximum atomic E-state index is 12.5.